The summed E-state index contributed by atoms with van der Waals surface area (Å²) in [7, 11) is -3.79. The summed E-state index contributed by atoms with van der Waals surface area (Å²) >= 11 is 6.01. The van der Waals surface area contributed by atoms with Crippen LogP contribution < -0.4 is 9.62 Å². The van der Waals surface area contributed by atoms with Gasteiger partial charge in [-0.05, 0) is 62.9 Å². The summed E-state index contributed by atoms with van der Waals surface area (Å²) in [6.07, 6.45) is 1.08. The fraction of sp³-hybridized carbons (Fsp3) is 0.462. The number of amides is 2. The number of nitrogens with zero attached hydrogens (tertiary/aromatic N) is 2. The van der Waals surface area contributed by atoms with Gasteiger partial charge in [0.1, 0.15) is 12.6 Å². The van der Waals surface area contributed by atoms with Crippen LogP contribution >= 0.6 is 11.6 Å². The highest BCUT2D eigenvalue weighted by Crippen LogP contribution is 2.29. The van der Waals surface area contributed by atoms with Gasteiger partial charge < -0.3 is 10.2 Å². The largest absolute Gasteiger partial charge is 0.350 e. The monoisotopic (exact) mass is 521 g/mol. The molecule has 0 fully saturated rings. The summed E-state index contributed by atoms with van der Waals surface area (Å²) in [6, 6.07) is 13.3. The minimum atomic E-state index is -3.79. The third-order valence-corrected chi connectivity index (χ3v) is 6.82. The molecule has 9 heteroatoms. The number of anilines is 1. The topological polar surface area (TPSA) is 86.8 Å². The number of rotatable bonds is 9. The van der Waals surface area contributed by atoms with Crippen LogP contribution in [0.5, 0.6) is 0 Å². The van der Waals surface area contributed by atoms with Crippen molar-refractivity contribution >= 4 is 39.1 Å². The average Bonchev–Trinajstić information content (AvgIpc) is 2.74. The second-order valence-corrected chi connectivity index (χ2v) is 12.4. The number of carbonyl (C=O) groups is 2. The van der Waals surface area contributed by atoms with Crippen molar-refractivity contribution in [3.8, 4) is 0 Å². The van der Waals surface area contributed by atoms with Crippen molar-refractivity contribution in [2.75, 3.05) is 17.1 Å². The summed E-state index contributed by atoms with van der Waals surface area (Å²) in [5.74, 6) is -0.763. The maximum absolute atomic E-state index is 13.7. The third-order valence-electron chi connectivity index (χ3n) is 5.44. The maximum Gasteiger partial charge on any atom is 0.244 e. The SMILES string of the molecule is CC(C)c1ccccc1N(CC(=O)N(Cc1ccc(Cl)cc1)[C@H](C)C(=O)NC(C)(C)C)S(C)(=O)=O. The predicted molar refractivity (Wildman–Crippen MR) is 142 cm³/mol. The summed E-state index contributed by atoms with van der Waals surface area (Å²) in [5, 5.41) is 3.46. The number of carbonyl (C=O) groups excluding carboxylic acids is 2. The highest BCUT2D eigenvalue weighted by molar-refractivity contribution is 7.92. The van der Waals surface area contributed by atoms with Crippen LogP contribution in [0.3, 0.4) is 0 Å². The van der Waals surface area contributed by atoms with E-state index < -0.39 is 34.1 Å². The Bertz CT molecular complexity index is 1140. The number of benzene rings is 2. The summed E-state index contributed by atoms with van der Waals surface area (Å²) < 4.78 is 26.7. The molecule has 2 aromatic rings. The second-order valence-electron chi connectivity index (χ2n) is 10.0. The molecule has 1 N–H and O–H groups in total. The second kappa shape index (κ2) is 11.4. The lowest BCUT2D eigenvalue weighted by atomic mass is 10.0. The van der Waals surface area contributed by atoms with Crippen LogP contribution in [-0.4, -0.2) is 49.5 Å². The zero-order chi connectivity index (χ0) is 26.6. The highest BCUT2D eigenvalue weighted by Gasteiger charge is 2.32. The van der Waals surface area contributed by atoms with Crippen LogP contribution in [0.15, 0.2) is 48.5 Å². The number of nitrogens with one attached hydrogen (secondary N) is 1. The van der Waals surface area contributed by atoms with E-state index in [1.807, 2.05) is 46.8 Å². The molecule has 0 heterocycles. The zero-order valence-corrected chi connectivity index (χ0v) is 23.1. The molecule has 0 saturated carbocycles. The van der Waals surface area contributed by atoms with Gasteiger partial charge in [-0.3, -0.25) is 13.9 Å². The lowest BCUT2D eigenvalue weighted by Crippen LogP contribution is -2.54. The van der Waals surface area contributed by atoms with Gasteiger partial charge in [-0.25, -0.2) is 8.42 Å². The molecular weight excluding hydrogens is 486 g/mol. The molecule has 0 spiro atoms. The Morgan fingerprint density at radius 1 is 1.00 bits per heavy atom. The molecule has 2 rings (SSSR count). The molecular formula is C26H36ClN3O4S. The van der Waals surface area contributed by atoms with E-state index in [9.17, 15) is 18.0 Å². The van der Waals surface area contributed by atoms with Crippen LogP contribution in [0.1, 0.15) is 58.6 Å². The third kappa shape index (κ3) is 8.25. The zero-order valence-electron chi connectivity index (χ0n) is 21.5. The van der Waals surface area contributed by atoms with Crippen molar-refractivity contribution in [3.05, 3.63) is 64.7 Å². The summed E-state index contributed by atoms with van der Waals surface area (Å²) in [4.78, 5) is 28.0. The molecule has 0 aliphatic heterocycles. The molecule has 0 saturated heterocycles. The normalized spacial score (nSPS) is 12.8. The van der Waals surface area contributed by atoms with Crippen LogP contribution in [-0.2, 0) is 26.2 Å². The van der Waals surface area contributed by atoms with Crippen molar-refractivity contribution in [1.29, 1.82) is 0 Å². The van der Waals surface area contributed by atoms with E-state index in [-0.39, 0.29) is 18.4 Å². The van der Waals surface area contributed by atoms with Crippen molar-refractivity contribution in [3.63, 3.8) is 0 Å². The first-order valence-electron chi connectivity index (χ1n) is 11.5. The molecule has 35 heavy (non-hydrogen) atoms. The molecule has 7 nitrogen and oxygen atoms in total. The Balaban J connectivity index is 2.46. The smallest absolute Gasteiger partial charge is 0.244 e. The fourth-order valence-electron chi connectivity index (χ4n) is 3.64. The van der Waals surface area contributed by atoms with Crippen molar-refractivity contribution in [2.45, 2.75) is 65.6 Å². The van der Waals surface area contributed by atoms with E-state index in [2.05, 4.69) is 5.32 Å². The number of halogens is 1. The Morgan fingerprint density at radius 3 is 2.09 bits per heavy atom. The van der Waals surface area contributed by atoms with Gasteiger partial charge in [0, 0.05) is 17.1 Å². The lowest BCUT2D eigenvalue weighted by Gasteiger charge is -2.33. The summed E-state index contributed by atoms with van der Waals surface area (Å²) in [5.41, 5.74) is 1.55. The number of hydrogen-bond acceptors (Lipinski definition) is 4. The molecule has 0 aromatic heterocycles. The van der Waals surface area contributed by atoms with Gasteiger partial charge in [0.25, 0.3) is 0 Å². The average molecular weight is 522 g/mol. The molecule has 2 aromatic carbocycles. The molecule has 0 aliphatic rings. The first kappa shape index (κ1) is 28.7. The van der Waals surface area contributed by atoms with Gasteiger partial charge in [-0.2, -0.15) is 0 Å². The van der Waals surface area contributed by atoms with E-state index in [4.69, 9.17) is 11.6 Å². The van der Waals surface area contributed by atoms with Gasteiger partial charge in [0.15, 0.2) is 0 Å². The Labute approximate surface area is 214 Å². The first-order valence-corrected chi connectivity index (χ1v) is 13.8. The minimum Gasteiger partial charge on any atom is -0.350 e. The van der Waals surface area contributed by atoms with Crippen molar-refractivity contribution < 1.29 is 18.0 Å². The standard InChI is InChI=1S/C26H36ClN3O4S/c1-18(2)22-10-8-9-11-23(22)30(35(7,33)34)17-24(31)29(16-20-12-14-21(27)15-13-20)19(3)25(32)28-26(4,5)6/h8-15,18-19H,16-17H2,1-7H3,(H,28,32)/t19-/m1/s1. The van der Waals surface area contributed by atoms with Gasteiger partial charge in [-0.15, -0.1) is 0 Å². The van der Waals surface area contributed by atoms with Gasteiger partial charge in [0.2, 0.25) is 21.8 Å². The van der Waals surface area contributed by atoms with E-state index in [0.29, 0.717) is 10.7 Å². The minimum absolute atomic E-state index is 0.0483. The number of sulfonamides is 1. The van der Waals surface area contributed by atoms with Gasteiger partial charge >= 0.3 is 0 Å². The quantitative estimate of drug-likeness (QED) is 0.524. The van der Waals surface area contributed by atoms with Crippen molar-refractivity contribution in [1.82, 2.24) is 10.2 Å². The highest BCUT2D eigenvalue weighted by atomic mass is 35.5. The molecule has 192 valence electrons. The van der Waals surface area contributed by atoms with Gasteiger partial charge in [0.05, 0.1) is 11.9 Å². The van der Waals surface area contributed by atoms with Crippen LogP contribution in [0.25, 0.3) is 0 Å². The molecule has 0 bridgehead atoms. The van der Waals surface area contributed by atoms with Crippen LogP contribution in [0, 0.1) is 0 Å². The lowest BCUT2D eigenvalue weighted by molar-refractivity contribution is -0.140. The first-order chi connectivity index (χ1) is 16.1. The van der Waals surface area contributed by atoms with E-state index in [1.54, 1.807) is 43.3 Å². The fourth-order valence-corrected chi connectivity index (χ4v) is 4.64. The van der Waals surface area contributed by atoms with Gasteiger partial charge in [-0.1, -0.05) is 55.8 Å². The molecule has 2 amide bonds. The Morgan fingerprint density at radius 2 is 1.57 bits per heavy atom. The summed E-state index contributed by atoms with van der Waals surface area (Å²) in [6.45, 7) is 10.8. The van der Waals surface area contributed by atoms with E-state index >= 15 is 0 Å². The Hall–Kier alpha value is -2.58. The van der Waals surface area contributed by atoms with Crippen molar-refractivity contribution in [2.24, 2.45) is 0 Å². The van der Waals surface area contributed by atoms with Crippen LogP contribution in [0.2, 0.25) is 5.02 Å². The van der Waals surface area contributed by atoms with E-state index in [1.165, 1.54) is 4.90 Å². The number of para-hydroxylation sites is 1. The van der Waals surface area contributed by atoms with Crippen LogP contribution in [0.4, 0.5) is 5.69 Å². The molecule has 1 atom stereocenters. The molecule has 0 aliphatic carbocycles. The number of hydrogen-bond donors (Lipinski definition) is 1. The van der Waals surface area contributed by atoms with E-state index in [0.717, 1.165) is 21.7 Å². The maximum atomic E-state index is 13.7. The molecule has 0 radical (unpaired) electrons. The molecule has 0 unspecified atom stereocenters. The Kier molecular flexibility index (Phi) is 9.36. The predicted octanol–water partition coefficient (Wildman–Crippen LogP) is 4.56.